The second kappa shape index (κ2) is 7.27. The van der Waals surface area contributed by atoms with Crippen LogP contribution < -0.4 is 4.90 Å². The molecular weight excluding hydrogens is 310 g/mol. The van der Waals surface area contributed by atoms with Gasteiger partial charge in [-0.15, -0.1) is 5.10 Å². The van der Waals surface area contributed by atoms with E-state index < -0.39 is 0 Å². The second-order valence-corrected chi connectivity index (χ2v) is 6.51. The molecule has 0 saturated carbocycles. The van der Waals surface area contributed by atoms with Gasteiger partial charge in [0.15, 0.2) is 5.16 Å². The van der Waals surface area contributed by atoms with E-state index in [1.54, 1.807) is 18.0 Å². The van der Waals surface area contributed by atoms with Crippen LogP contribution in [0.5, 0.6) is 0 Å². The third kappa shape index (κ3) is 3.81. The third-order valence-electron chi connectivity index (χ3n) is 4.31. The minimum Gasteiger partial charge on any atom is -0.354 e. The second-order valence-electron chi connectivity index (χ2n) is 5.74. The summed E-state index contributed by atoms with van der Waals surface area (Å²) in [6, 6.07) is 0. The van der Waals surface area contributed by atoms with Crippen LogP contribution in [0.2, 0.25) is 0 Å². The lowest BCUT2D eigenvalue weighted by atomic mass is 10.2. The van der Waals surface area contributed by atoms with Crippen molar-refractivity contribution >= 4 is 17.6 Å². The molecule has 8 heteroatoms. The number of hydrogen-bond acceptors (Lipinski definition) is 7. The minimum absolute atomic E-state index is 0.858. The highest BCUT2D eigenvalue weighted by Crippen LogP contribution is 2.23. The first-order chi connectivity index (χ1) is 11.2. The Morgan fingerprint density at radius 3 is 2.52 bits per heavy atom. The van der Waals surface area contributed by atoms with Crippen LogP contribution in [0.4, 0.5) is 5.82 Å². The van der Waals surface area contributed by atoms with Crippen LogP contribution in [0.25, 0.3) is 0 Å². The Balaban J connectivity index is 1.59. The number of piperazine rings is 1. The molecule has 0 spiro atoms. The van der Waals surface area contributed by atoms with Gasteiger partial charge in [0.1, 0.15) is 5.82 Å². The number of thioether (sulfide) groups is 1. The molecule has 0 aliphatic carbocycles. The van der Waals surface area contributed by atoms with E-state index in [0.29, 0.717) is 0 Å². The van der Waals surface area contributed by atoms with Gasteiger partial charge in [-0.1, -0.05) is 17.0 Å². The topological polar surface area (TPSA) is 63.0 Å². The van der Waals surface area contributed by atoms with Crippen molar-refractivity contribution in [1.29, 1.82) is 0 Å². The van der Waals surface area contributed by atoms with Crippen LogP contribution in [0, 0.1) is 13.8 Å². The van der Waals surface area contributed by atoms with Crippen molar-refractivity contribution in [3.8, 4) is 0 Å². The molecular formula is C15H23N7S. The Hall–Kier alpha value is -1.67. The van der Waals surface area contributed by atoms with Gasteiger partial charge < -0.3 is 4.90 Å². The van der Waals surface area contributed by atoms with Crippen molar-refractivity contribution in [3.05, 3.63) is 23.7 Å². The fourth-order valence-electron chi connectivity index (χ4n) is 2.77. The van der Waals surface area contributed by atoms with Crippen molar-refractivity contribution in [2.45, 2.75) is 25.5 Å². The summed E-state index contributed by atoms with van der Waals surface area (Å²) >= 11 is 1.60. The van der Waals surface area contributed by atoms with E-state index in [4.69, 9.17) is 4.98 Å². The molecule has 0 radical (unpaired) electrons. The van der Waals surface area contributed by atoms with Crippen LogP contribution in [-0.4, -0.2) is 68.8 Å². The molecule has 3 heterocycles. The average molecular weight is 333 g/mol. The summed E-state index contributed by atoms with van der Waals surface area (Å²) < 4.78 is 1.88. The predicted octanol–water partition coefficient (Wildman–Crippen LogP) is 1.23. The van der Waals surface area contributed by atoms with Gasteiger partial charge in [0, 0.05) is 50.2 Å². The van der Waals surface area contributed by atoms with Gasteiger partial charge in [-0.05, 0) is 20.1 Å². The van der Waals surface area contributed by atoms with Crippen molar-refractivity contribution in [3.63, 3.8) is 0 Å². The summed E-state index contributed by atoms with van der Waals surface area (Å²) in [4.78, 5) is 14.1. The van der Waals surface area contributed by atoms with E-state index in [2.05, 4.69) is 38.9 Å². The number of nitrogens with zero attached hydrogens (tertiary/aromatic N) is 7. The average Bonchev–Trinajstić information content (AvgIpc) is 3.09. The van der Waals surface area contributed by atoms with Crippen molar-refractivity contribution < 1.29 is 0 Å². The van der Waals surface area contributed by atoms with Gasteiger partial charge in [0.25, 0.3) is 0 Å². The molecule has 1 fully saturated rings. The third-order valence-corrected chi connectivity index (χ3v) is 4.86. The molecule has 3 rings (SSSR count). The molecule has 7 nitrogen and oxygen atoms in total. The molecule has 2 aromatic rings. The zero-order valence-electron chi connectivity index (χ0n) is 13.9. The summed E-state index contributed by atoms with van der Waals surface area (Å²) in [6.45, 7) is 10.2. The van der Waals surface area contributed by atoms with Crippen LogP contribution in [0.3, 0.4) is 0 Å². The van der Waals surface area contributed by atoms with Crippen molar-refractivity contribution in [2.75, 3.05) is 43.9 Å². The summed E-state index contributed by atoms with van der Waals surface area (Å²) in [7, 11) is 0. The monoisotopic (exact) mass is 333 g/mol. The van der Waals surface area contributed by atoms with E-state index >= 15 is 0 Å². The predicted molar refractivity (Wildman–Crippen MR) is 92.0 cm³/mol. The Bertz CT molecular complexity index is 636. The Morgan fingerprint density at radius 1 is 1.09 bits per heavy atom. The lowest BCUT2D eigenvalue weighted by Gasteiger charge is -2.36. The van der Waals surface area contributed by atoms with Gasteiger partial charge >= 0.3 is 0 Å². The molecule has 1 saturated heterocycles. The summed E-state index contributed by atoms with van der Waals surface area (Å²) in [5, 5.41) is 8.71. The summed E-state index contributed by atoms with van der Waals surface area (Å²) in [6.07, 6.45) is 5.66. The van der Waals surface area contributed by atoms with Crippen LogP contribution in [0.15, 0.2) is 17.6 Å². The molecule has 0 amide bonds. The summed E-state index contributed by atoms with van der Waals surface area (Å²) in [5.74, 6) is 1.10. The molecule has 0 N–H and O–H groups in total. The number of anilines is 1. The van der Waals surface area contributed by atoms with Gasteiger partial charge in [0.05, 0.1) is 12.7 Å². The highest BCUT2D eigenvalue weighted by Gasteiger charge is 2.20. The zero-order chi connectivity index (χ0) is 16.2. The lowest BCUT2D eigenvalue weighted by molar-refractivity contribution is 0.243. The number of aromatic nitrogens is 5. The van der Waals surface area contributed by atoms with Gasteiger partial charge in [-0.25, -0.2) is 9.97 Å². The van der Waals surface area contributed by atoms with Gasteiger partial charge in [0.2, 0.25) is 0 Å². The number of hydrogen-bond donors (Lipinski definition) is 0. The quantitative estimate of drug-likeness (QED) is 0.602. The fourth-order valence-corrected chi connectivity index (χ4v) is 3.17. The number of aryl methyl sites for hydroxylation is 1. The maximum Gasteiger partial charge on any atom is 0.189 e. The SMILES string of the molecule is CSc1nc(C)c(C)c(N2CCN(CCn3ccnn3)CC2)n1. The number of rotatable bonds is 5. The van der Waals surface area contributed by atoms with Gasteiger partial charge in [-0.3, -0.25) is 9.58 Å². The van der Waals surface area contributed by atoms with Gasteiger partial charge in [-0.2, -0.15) is 0 Å². The molecule has 1 aliphatic rings. The first-order valence-corrected chi connectivity index (χ1v) is 9.10. The first-order valence-electron chi connectivity index (χ1n) is 7.88. The Morgan fingerprint density at radius 2 is 1.87 bits per heavy atom. The largest absolute Gasteiger partial charge is 0.354 e. The van der Waals surface area contributed by atoms with Crippen molar-refractivity contribution in [2.24, 2.45) is 0 Å². The lowest BCUT2D eigenvalue weighted by Crippen LogP contribution is -2.47. The van der Waals surface area contributed by atoms with E-state index in [9.17, 15) is 0 Å². The van der Waals surface area contributed by atoms with E-state index in [1.807, 2.05) is 17.1 Å². The van der Waals surface area contributed by atoms with E-state index in [1.165, 1.54) is 5.56 Å². The van der Waals surface area contributed by atoms with Crippen molar-refractivity contribution in [1.82, 2.24) is 29.9 Å². The normalized spacial score (nSPS) is 16.0. The smallest absolute Gasteiger partial charge is 0.189 e. The van der Waals surface area contributed by atoms with Crippen LogP contribution >= 0.6 is 11.8 Å². The maximum absolute atomic E-state index is 4.72. The van der Waals surface area contributed by atoms with E-state index in [0.717, 1.165) is 55.9 Å². The molecule has 0 unspecified atom stereocenters. The Kier molecular flexibility index (Phi) is 5.12. The molecule has 0 bridgehead atoms. The Labute approximate surface area is 141 Å². The molecule has 124 valence electrons. The zero-order valence-corrected chi connectivity index (χ0v) is 14.8. The molecule has 2 aromatic heterocycles. The minimum atomic E-state index is 0.858. The van der Waals surface area contributed by atoms with Crippen LogP contribution in [0.1, 0.15) is 11.3 Å². The summed E-state index contributed by atoms with van der Waals surface area (Å²) in [5.41, 5.74) is 2.27. The molecule has 0 aromatic carbocycles. The first kappa shape index (κ1) is 16.2. The standard InChI is InChI=1S/C15H23N7S/c1-12-13(2)17-15(23-3)18-14(12)21-9-6-20(7-10-21)8-11-22-5-4-16-19-22/h4-5H,6-11H2,1-3H3. The fraction of sp³-hybridized carbons (Fsp3) is 0.600. The molecule has 1 aliphatic heterocycles. The molecule has 0 atom stereocenters. The highest BCUT2D eigenvalue weighted by molar-refractivity contribution is 7.98. The van der Waals surface area contributed by atoms with E-state index in [-0.39, 0.29) is 0 Å². The maximum atomic E-state index is 4.72. The van der Waals surface area contributed by atoms with Crippen LogP contribution in [-0.2, 0) is 6.54 Å². The highest BCUT2D eigenvalue weighted by atomic mass is 32.2. The molecule has 23 heavy (non-hydrogen) atoms.